The van der Waals surface area contributed by atoms with E-state index in [4.69, 9.17) is 4.74 Å². The summed E-state index contributed by atoms with van der Waals surface area (Å²) in [5, 5.41) is 3.41. The van der Waals surface area contributed by atoms with Gasteiger partial charge in [-0.1, -0.05) is 18.2 Å². The lowest BCUT2D eigenvalue weighted by Gasteiger charge is -2.18. The number of aryl methyl sites for hydroxylation is 1. The molecule has 0 saturated carbocycles. The van der Waals surface area contributed by atoms with Crippen LogP contribution in [0.4, 0.5) is 0 Å². The SMILES string of the molecule is CNC(c1ccc(C)s1)c1cccc2c1OCC2. The Balaban J connectivity index is 2.05. The number of nitrogens with one attached hydrogen (secondary N) is 1. The summed E-state index contributed by atoms with van der Waals surface area (Å²) in [6.07, 6.45) is 1.03. The number of benzene rings is 1. The standard InChI is InChI=1S/C15H17NOS/c1-10-6-7-13(18-10)14(16-2)12-5-3-4-11-8-9-17-15(11)12/h3-7,14,16H,8-9H2,1-2H3. The molecule has 3 rings (SSSR count). The van der Waals surface area contributed by atoms with E-state index in [1.165, 1.54) is 20.9 Å². The van der Waals surface area contributed by atoms with Crippen molar-refractivity contribution in [3.8, 4) is 5.75 Å². The van der Waals surface area contributed by atoms with E-state index in [1.54, 1.807) is 0 Å². The van der Waals surface area contributed by atoms with Gasteiger partial charge in [0.05, 0.1) is 12.6 Å². The second-order valence-electron chi connectivity index (χ2n) is 4.60. The molecule has 0 bridgehead atoms. The van der Waals surface area contributed by atoms with E-state index in [2.05, 4.69) is 42.6 Å². The zero-order valence-corrected chi connectivity index (χ0v) is 11.5. The molecule has 1 aromatic heterocycles. The summed E-state index contributed by atoms with van der Waals surface area (Å²) in [7, 11) is 2.01. The molecule has 1 N–H and O–H groups in total. The van der Waals surface area contributed by atoms with Crippen molar-refractivity contribution in [3.05, 3.63) is 51.2 Å². The van der Waals surface area contributed by atoms with Gasteiger partial charge >= 0.3 is 0 Å². The highest BCUT2D eigenvalue weighted by atomic mass is 32.1. The van der Waals surface area contributed by atoms with E-state index < -0.39 is 0 Å². The van der Waals surface area contributed by atoms with Crippen LogP contribution in [0.5, 0.6) is 5.75 Å². The summed E-state index contributed by atoms with van der Waals surface area (Å²) in [6, 6.07) is 11.1. The van der Waals surface area contributed by atoms with Crippen LogP contribution in [0.2, 0.25) is 0 Å². The second-order valence-corrected chi connectivity index (χ2v) is 5.92. The molecule has 1 unspecified atom stereocenters. The van der Waals surface area contributed by atoms with Crippen LogP contribution in [0.25, 0.3) is 0 Å². The molecule has 1 aliphatic heterocycles. The van der Waals surface area contributed by atoms with Gasteiger partial charge in [-0.3, -0.25) is 0 Å². The predicted octanol–water partition coefficient (Wildman–Crippen LogP) is 3.30. The average molecular weight is 259 g/mol. The van der Waals surface area contributed by atoms with Crippen molar-refractivity contribution >= 4 is 11.3 Å². The van der Waals surface area contributed by atoms with E-state index >= 15 is 0 Å². The first-order chi connectivity index (χ1) is 8.79. The Morgan fingerprint density at radius 2 is 2.17 bits per heavy atom. The smallest absolute Gasteiger partial charge is 0.127 e. The van der Waals surface area contributed by atoms with Crippen molar-refractivity contribution in [1.82, 2.24) is 5.32 Å². The molecule has 94 valence electrons. The minimum Gasteiger partial charge on any atom is -0.493 e. The molecule has 18 heavy (non-hydrogen) atoms. The summed E-state index contributed by atoms with van der Waals surface area (Å²) in [5.74, 6) is 1.09. The number of hydrogen-bond acceptors (Lipinski definition) is 3. The van der Waals surface area contributed by atoms with Crippen LogP contribution in [0.15, 0.2) is 30.3 Å². The van der Waals surface area contributed by atoms with Gasteiger partial charge in [0.2, 0.25) is 0 Å². The Hall–Kier alpha value is -1.32. The number of para-hydroxylation sites is 1. The Kier molecular flexibility index (Phi) is 3.10. The lowest BCUT2D eigenvalue weighted by atomic mass is 10.0. The van der Waals surface area contributed by atoms with Crippen molar-refractivity contribution in [2.24, 2.45) is 0 Å². The number of rotatable bonds is 3. The third kappa shape index (κ3) is 1.93. The van der Waals surface area contributed by atoms with Crippen molar-refractivity contribution in [1.29, 1.82) is 0 Å². The number of hydrogen-bond donors (Lipinski definition) is 1. The van der Waals surface area contributed by atoms with Gasteiger partial charge in [-0.2, -0.15) is 0 Å². The topological polar surface area (TPSA) is 21.3 Å². The fraction of sp³-hybridized carbons (Fsp3) is 0.333. The van der Waals surface area contributed by atoms with Gasteiger partial charge in [0.15, 0.2) is 0 Å². The average Bonchev–Trinajstić information content (AvgIpc) is 2.99. The second kappa shape index (κ2) is 4.75. The lowest BCUT2D eigenvalue weighted by Crippen LogP contribution is -2.17. The first kappa shape index (κ1) is 11.8. The van der Waals surface area contributed by atoms with Crippen LogP contribution < -0.4 is 10.1 Å². The van der Waals surface area contributed by atoms with Gasteiger partial charge in [0, 0.05) is 21.7 Å². The van der Waals surface area contributed by atoms with Gasteiger partial charge < -0.3 is 10.1 Å². The zero-order chi connectivity index (χ0) is 12.5. The maximum atomic E-state index is 5.81. The van der Waals surface area contributed by atoms with Crippen molar-refractivity contribution in [3.63, 3.8) is 0 Å². The van der Waals surface area contributed by atoms with Crippen LogP contribution in [0.3, 0.4) is 0 Å². The molecular formula is C15H17NOS. The molecule has 1 aromatic carbocycles. The first-order valence-electron chi connectivity index (χ1n) is 6.28. The van der Waals surface area contributed by atoms with Crippen molar-refractivity contribution in [2.45, 2.75) is 19.4 Å². The van der Waals surface area contributed by atoms with Gasteiger partial charge in [-0.15, -0.1) is 11.3 Å². The molecule has 0 fully saturated rings. The van der Waals surface area contributed by atoms with Crippen molar-refractivity contribution < 1.29 is 4.74 Å². The number of thiophene rings is 1. The quantitative estimate of drug-likeness (QED) is 0.913. The Labute approximate surface area is 112 Å². The zero-order valence-electron chi connectivity index (χ0n) is 10.7. The highest BCUT2D eigenvalue weighted by Gasteiger charge is 2.23. The molecule has 2 heterocycles. The molecule has 0 saturated heterocycles. The number of fused-ring (bicyclic) bond motifs is 1. The van der Waals surface area contributed by atoms with E-state index in [0.29, 0.717) is 0 Å². The fourth-order valence-corrected chi connectivity index (χ4v) is 3.53. The Morgan fingerprint density at radius 3 is 2.89 bits per heavy atom. The summed E-state index contributed by atoms with van der Waals surface area (Å²) < 4.78 is 5.81. The Morgan fingerprint density at radius 1 is 1.28 bits per heavy atom. The third-order valence-corrected chi connectivity index (χ3v) is 4.46. The minimum absolute atomic E-state index is 0.233. The molecule has 0 spiro atoms. The molecule has 2 nitrogen and oxygen atoms in total. The molecule has 0 aliphatic carbocycles. The molecule has 1 aliphatic rings. The van der Waals surface area contributed by atoms with Crippen LogP contribution in [-0.4, -0.2) is 13.7 Å². The number of ether oxygens (including phenoxy) is 1. The molecule has 1 atom stereocenters. The molecular weight excluding hydrogens is 242 g/mol. The summed E-state index contributed by atoms with van der Waals surface area (Å²) in [6.45, 7) is 2.96. The van der Waals surface area contributed by atoms with Gasteiger partial charge in [0.1, 0.15) is 5.75 Å². The normalized spacial score (nSPS) is 15.2. The molecule has 0 amide bonds. The molecule has 0 radical (unpaired) electrons. The predicted molar refractivity (Wildman–Crippen MR) is 75.6 cm³/mol. The minimum atomic E-state index is 0.233. The summed E-state index contributed by atoms with van der Waals surface area (Å²) in [4.78, 5) is 2.69. The van der Waals surface area contributed by atoms with E-state index in [-0.39, 0.29) is 6.04 Å². The first-order valence-corrected chi connectivity index (χ1v) is 7.09. The van der Waals surface area contributed by atoms with Crippen molar-refractivity contribution in [2.75, 3.05) is 13.7 Å². The van der Waals surface area contributed by atoms with Crippen LogP contribution in [0, 0.1) is 6.92 Å². The van der Waals surface area contributed by atoms with Gasteiger partial charge in [-0.05, 0) is 31.7 Å². The highest BCUT2D eigenvalue weighted by molar-refractivity contribution is 7.12. The highest BCUT2D eigenvalue weighted by Crippen LogP contribution is 2.37. The Bertz CT molecular complexity index is 561. The monoisotopic (exact) mass is 259 g/mol. The van der Waals surface area contributed by atoms with Crippen LogP contribution in [-0.2, 0) is 6.42 Å². The van der Waals surface area contributed by atoms with Gasteiger partial charge in [0.25, 0.3) is 0 Å². The molecule has 2 aromatic rings. The third-order valence-electron chi connectivity index (χ3n) is 3.39. The lowest BCUT2D eigenvalue weighted by molar-refractivity contribution is 0.351. The van der Waals surface area contributed by atoms with E-state index in [9.17, 15) is 0 Å². The summed E-state index contributed by atoms with van der Waals surface area (Å²) >= 11 is 1.84. The van der Waals surface area contributed by atoms with Crippen LogP contribution >= 0.6 is 11.3 Å². The van der Waals surface area contributed by atoms with Gasteiger partial charge in [-0.25, -0.2) is 0 Å². The largest absolute Gasteiger partial charge is 0.493 e. The van der Waals surface area contributed by atoms with E-state index in [1.807, 2.05) is 18.4 Å². The fourth-order valence-electron chi connectivity index (χ4n) is 2.53. The van der Waals surface area contributed by atoms with Crippen LogP contribution in [0.1, 0.15) is 26.9 Å². The van der Waals surface area contributed by atoms with E-state index in [0.717, 1.165) is 18.8 Å². The maximum Gasteiger partial charge on any atom is 0.127 e. The molecule has 3 heteroatoms. The summed E-state index contributed by atoms with van der Waals surface area (Å²) in [5.41, 5.74) is 2.59. The maximum absolute atomic E-state index is 5.81.